The number of aromatic nitrogens is 4. The number of nitrogens with one attached hydrogen (secondary N) is 1. The number of rotatable bonds is 5. The van der Waals surface area contributed by atoms with Crippen molar-refractivity contribution in [2.45, 2.75) is 11.8 Å². The van der Waals surface area contributed by atoms with Crippen LogP contribution in [0.2, 0.25) is 0 Å². The van der Waals surface area contributed by atoms with Gasteiger partial charge in [-0.1, -0.05) is 5.10 Å². The van der Waals surface area contributed by atoms with E-state index >= 15 is 0 Å². The van der Waals surface area contributed by atoms with Crippen LogP contribution in [0, 0.1) is 6.92 Å². The molecule has 0 spiro atoms. The van der Waals surface area contributed by atoms with Crippen molar-refractivity contribution in [3.8, 4) is 11.5 Å². The SMILES string of the molecule is Cc1cnn(C)c1C(=O)Nc1nnc(-c2ccc(S(=O)(=O)N(C)C)cc2)o1. The first-order chi connectivity index (χ1) is 12.7. The lowest BCUT2D eigenvalue weighted by Crippen LogP contribution is -2.22. The zero-order chi connectivity index (χ0) is 19.8. The third kappa shape index (κ3) is 3.59. The Hall–Kier alpha value is -3.05. The van der Waals surface area contributed by atoms with Crippen molar-refractivity contribution in [1.29, 1.82) is 0 Å². The van der Waals surface area contributed by atoms with Gasteiger partial charge in [-0.05, 0) is 36.8 Å². The second kappa shape index (κ2) is 6.93. The lowest BCUT2D eigenvalue weighted by Gasteiger charge is -2.11. The highest BCUT2D eigenvalue weighted by Crippen LogP contribution is 2.23. The van der Waals surface area contributed by atoms with Gasteiger partial charge in [-0.25, -0.2) is 12.7 Å². The molecular weight excluding hydrogens is 372 g/mol. The van der Waals surface area contributed by atoms with E-state index in [1.165, 1.54) is 30.9 Å². The summed E-state index contributed by atoms with van der Waals surface area (Å²) in [6.07, 6.45) is 1.58. The van der Waals surface area contributed by atoms with Crippen LogP contribution in [0.1, 0.15) is 16.1 Å². The summed E-state index contributed by atoms with van der Waals surface area (Å²) in [4.78, 5) is 12.5. The molecule has 3 aromatic rings. The average molecular weight is 390 g/mol. The summed E-state index contributed by atoms with van der Waals surface area (Å²) < 4.78 is 32.2. The molecular formula is C16H18N6O4S. The van der Waals surface area contributed by atoms with Crippen LogP contribution in [0.15, 0.2) is 39.8 Å². The highest BCUT2D eigenvalue weighted by molar-refractivity contribution is 7.89. The van der Waals surface area contributed by atoms with E-state index in [0.29, 0.717) is 16.8 Å². The summed E-state index contributed by atoms with van der Waals surface area (Å²) in [7, 11) is 1.06. The minimum atomic E-state index is -3.52. The van der Waals surface area contributed by atoms with E-state index in [2.05, 4.69) is 20.6 Å². The number of amides is 1. The number of aryl methyl sites for hydroxylation is 2. The largest absolute Gasteiger partial charge is 0.403 e. The van der Waals surface area contributed by atoms with Crippen LogP contribution >= 0.6 is 0 Å². The maximum absolute atomic E-state index is 12.3. The fourth-order valence-corrected chi connectivity index (χ4v) is 3.30. The van der Waals surface area contributed by atoms with Gasteiger partial charge in [-0.15, -0.1) is 5.10 Å². The third-order valence-electron chi connectivity index (χ3n) is 3.86. The highest BCUT2D eigenvalue weighted by Gasteiger charge is 2.19. The molecule has 2 aromatic heterocycles. The van der Waals surface area contributed by atoms with Gasteiger partial charge in [0.15, 0.2) is 0 Å². The molecule has 142 valence electrons. The fraction of sp³-hybridized carbons (Fsp3) is 0.250. The maximum atomic E-state index is 12.3. The number of carbonyl (C=O) groups is 1. The van der Waals surface area contributed by atoms with Gasteiger partial charge in [0.05, 0.1) is 11.1 Å². The molecule has 0 aliphatic heterocycles. The molecule has 0 unspecified atom stereocenters. The quantitative estimate of drug-likeness (QED) is 0.696. The predicted molar refractivity (Wildman–Crippen MR) is 96.5 cm³/mol. The van der Waals surface area contributed by atoms with E-state index in [0.717, 1.165) is 4.31 Å². The molecule has 0 radical (unpaired) electrons. The average Bonchev–Trinajstić information content (AvgIpc) is 3.21. The third-order valence-corrected chi connectivity index (χ3v) is 5.69. The Kier molecular flexibility index (Phi) is 4.81. The predicted octanol–water partition coefficient (Wildman–Crippen LogP) is 1.28. The van der Waals surface area contributed by atoms with Crippen molar-refractivity contribution in [2.24, 2.45) is 7.05 Å². The topological polar surface area (TPSA) is 123 Å². The van der Waals surface area contributed by atoms with Gasteiger partial charge in [0, 0.05) is 26.7 Å². The number of nitrogens with zero attached hydrogens (tertiary/aromatic N) is 5. The summed E-state index contributed by atoms with van der Waals surface area (Å²) in [5.74, 6) is -0.268. The smallest absolute Gasteiger partial charge is 0.322 e. The van der Waals surface area contributed by atoms with E-state index in [1.54, 1.807) is 32.3 Å². The Labute approximate surface area is 155 Å². The van der Waals surface area contributed by atoms with Gasteiger partial charge in [-0.3, -0.25) is 14.8 Å². The molecule has 10 nitrogen and oxygen atoms in total. The van der Waals surface area contributed by atoms with Gasteiger partial charge >= 0.3 is 6.01 Å². The fourth-order valence-electron chi connectivity index (χ4n) is 2.40. The number of carbonyl (C=O) groups excluding carboxylic acids is 1. The molecule has 27 heavy (non-hydrogen) atoms. The van der Waals surface area contributed by atoms with Crippen LogP contribution in [0.3, 0.4) is 0 Å². The summed E-state index contributed by atoms with van der Waals surface area (Å²) in [5.41, 5.74) is 1.62. The standard InChI is InChI=1S/C16H18N6O4S/c1-10-9-17-22(4)13(10)14(23)18-16-20-19-15(26-16)11-5-7-12(8-6-11)27(24,25)21(2)3/h5-9H,1-4H3,(H,18,20,23). The van der Waals surface area contributed by atoms with Gasteiger partial charge in [0.2, 0.25) is 15.9 Å². The monoisotopic (exact) mass is 390 g/mol. The number of anilines is 1. The molecule has 0 saturated carbocycles. The Morgan fingerprint density at radius 3 is 2.41 bits per heavy atom. The highest BCUT2D eigenvalue weighted by atomic mass is 32.2. The van der Waals surface area contributed by atoms with Crippen LogP contribution in [0.4, 0.5) is 6.01 Å². The van der Waals surface area contributed by atoms with Gasteiger partial charge in [0.1, 0.15) is 5.69 Å². The minimum absolute atomic E-state index is 0.0689. The normalized spacial score (nSPS) is 11.7. The minimum Gasteiger partial charge on any atom is -0.403 e. The van der Waals surface area contributed by atoms with Crippen molar-refractivity contribution in [1.82, 2.24) is 24.3 Å². The molecule has 0 fully saturated rings. The van der Waals surface area contributed by atoms with Crippen molar-refractivity contribution in [3.05, 3.63) is 41.7 Å². The molecule has 1 amide bonds. The van der Waals surface area contributed by atoms with E-state index in [4.69, 9.17) is 4.42 Å². The first kappa shape index (κ1) is 18.7. The molecule has 1 aromatic carbocycles. The summed E-state index contributed by atoms with van der Waals surface area (Å²) in [6.45, 7) is 1.77. The molecule has 3 rings (SSSR count). The van der Waals surface area contributed by atoms with Crippen LogP contribution in [-0.2, 0) is 17.1 Å². The van der Waals surface area contributed by atoms with E-state index in [-0.39, 0.29) is 16.8 Å². The zero-order valence-corrected chi connectivity index (χ0v) is 16.0. The Balaban J connectivity index is 1.79. The molecule has 0 atom stereocenters. The second-order valence-electron chi connectivity index (χ2n) is 5.98. The lowest BCUT2D eigenvalue weighted by atomic mass is 10.2. The molecule has 0 aliphatic carbocycles. The lowest BCUT2D eigenvalue weighted by molar-refractivity contribution is 0.101. The van der Waals surface area contributed by atoms with Crippen molar-refractivity contribution >= 4 is 21.9 Å². The number of hydrogen-bond donors (Lipinski definition) is 1. The van der Waals surface area contributed by atoms with Crippen molar-refractivity contribution < 1.29 is 17.6 Å². The summed E-state index contributed by atoms with van der Waals surface area (Å²) in [6, 6.07) is 5.94. The number of hydrogen-bond acceptors (Lipinski definition) is 7. The number of sulfonamides is 1. The van der Waals surface area contributed by atoms with E-state index in [9.17, 15) is 13.2 Å². The van der Waals surface area contributed by atoms with Crippen LogP contribution in [0.25, 0.3) is 11.5 Å². The van der Waals surface area contributed by atoms with Gasteiger partial charge in [-0.2, -0.15) is 5.10 Å². The van der Waals surface area contributed by atoms with Crippen LogP contribution in [-0.4, -0.2) is 52.7 Å². The Morgan fingerprint density at radius 2 is 1.85 bits per heavy atom. The van der Waals surface area contributed by atoms with E-state index in [1.807, 2.05) is 0 Å². The molecule has 11 heteroatoms. The summed E-state index contributed by atoms with van der Waals surface area (Å²) >= 11 is 0. The van der Waals surface area contributed by atoms with Gasteiger partial charge in [0.25, 0.3) is 5.91 Å². The molecule has 0 saturated heterocycles. The van der Waals surface area contributed by atoms with Crippen molar-refractivity contribution in [3.63, 3.8) is 0 Å². The molecule has 0 aliphatic rings. The second-order valence-corrected chi connectivity index (χ2v) is 8.13. The zero-order valence-electron chi connectivity index (χ0n) is 15.2. The molecule has 0 bridgehead atoms. The maximum Gasteiger partial charge on any atom is 0.322 e. The van der Waals surface area contributed by atoms with Gasteiger partial charge < -0.3 is 4.42 Å². The van der Waals surface area contributed by atoms with Crippen LogP contribution < -0.4 is 5.32 Å². The van der Waals surface area contributed by atoms with E-state index < -0.39 is 15.9 Å². The first-order valence-electron chi connectivity index (χ1n) is 7.86. The molecule has 2 heterocycles. The van der Waals surface area contributed by atoms with Crippen molar-refractivity contribution in [2.75, 3.05) is 19.4 Å². The first-order valence-corrected chi connectivity index (χ1v) is 9.30. The number of benzene rings is 1. The molecule has 1 N–H and O–H groups in total. The Bertz CT molecular complexity index is 1060. The Morgan fingerprint density at radius 1 is 1.19 bits per heavy atom. The van der Waals surface area contributed by atoms with Crippen LogP contribution in [0.5, 0.6) is 0 Å². The summed E-state index contributed by atoms with van der Waals surface area (Å²) in [5, 5.41) is 14.2.